The number of ether oxygens (including phenoxy) is 3. The lowest BCUT2D eigenvalue weighted by molar-refractivity contribution is -0.305. The van der Waals surface area contributed by atoms with Gasteiger partial charge in [0.05, 0.1) is 25.4 Å². The van der Waals surface area contributed by atoms with E-state index < -0.39 is 67.4 Å². The van der Waals surface area contributed by atoms with E-state index in [9.17, 15) is 35.1 Å². The maximum absolute atomic E-state index is 13.3. The smallest absolute Gasteiger partial charge is 0.306 e. The Hall–Kier alpha value is -3.16. The van der Waals surface area contributed by atoms with Crippen LogP contribution in [-0.2, 0) is 23.8 Å². The van der Waals surface area contributed by atoms with E-state index in [2.05, 4.69) is 74.7 Å². The van der Waals surface area contributed by atoms with E-state index in [1.165, 1.54) is 109 Å². The number of esters is 1. The summed E-state index contributed by atoms with van der Waals surface area (Å²) in [6, 6.07) is -1.07. The summed E-state index contributed by atoms with van der Waals surface area (Å²) in [5.74, 6) is -1.33. The van der Waals surface area contributed by atoms with Crippen molar-refractivity contribution in [1.29, 1.82) is 0 Å². The highest BCUT2D eigenvalue weighted by Gasteiger charge is 2.47. The number of aliphatic hydroxyl groups is 5. The molecule has 0 spiro atoms. The molecule has 1 rings (SSSR count). The molecule has 6 N–H and O–H groups in total. The number of nitrogens with one attached hydrogen (secondary N) is 1. The molecule has 1 amide bonds. The largest absolute Gasteiger partial charge is 0.454 e. The first-order valence-corrected chi connectivity index (χ1v) is 28.4. The van der Waals surface area contributed by atoms with Gasteiger partial charge in [0, 0.05) is 6.42 Å². The molecule has 8 atom stereocenters. The highest BCUT2D eigenvalue weighted by molar-refractivity contribution is 5.80. The molecule has 0 bridgehead atoms. The molecule has 11 heteroatoms. The minimum Gasteiger partial charge on any atom is -0.454 e. The molecule has 1 fully saturated rings. The number of carbonyl (C=O) groups excluding carboxylic acids is 2. The third-order valence-corrected chi connectivity index (χ3v) is 12.8. The summed E-state index contributed by atoms with van der Waals surface area (Å²) < 4.78 is 17.5. The highest BCUT2D eigenvalue weighted by Crippen LogP contribution is 2.26. The summed E-state index contributed by atoms with van der Waals surface area (Å²) in [4.78, 5) is 26.4. The summed E-state index contributed by atoms with van der Waals surface area (Å²) >= 11 is 0. The first-order chi connectivity index (χ1) is 34.7. The zero-order valence-corrected chi connectivity index (χ0v) is 44.8. The summed E-state index contributed by atoms with van der Waals surface area (Å²) in [7, 11) is 0. The predicted octanol–water partition coefficient (Wildman–Crippen LogP) is 12.6. The van der Waals surface area contributed by atoms with Crippen LogP contribution in [0, 0.1) is 0 Å². The van der Waals surface area contributed by atoms with Crippen molar-refractivity contribution in [2.45, 2.75) is 269 Å². The van der Waals surface area contributed by atoms with Gasteiger partial charge in [-0.2, -0.15) is 0 Å². The highest BCUT2D eigenvalue weighted by atomic mass is 16.7. The number of hydrogen-bond donors (Lipinski definition) is 6. The van der Waals surface area contributed by atoms with Gasteiger partial charge in [0.2, 0.25) is 5.91 Å². The normalized spacial score (nSPS) is 20.3. The van der Waals surface area contributed by atoms with E-state index >= 15 is 0 Å². The molecule has 0 saturated carbocycles. The molecular weight excluding hydrogens is 895 g/mol. The van der Waals surface area contributed by atoms with Crippen molar-refractivity contribution in [3.05, 3.63) is 85.1 Å². The lowest BCUT2D eigenvalue weighted by Crippen LogP contribution is -2.61. The Labute approximate surface area is 432 Å². The van der Waals surface area contributed by atoms with Crippen molar-refractivity contribution < 1.29 is 49.3 Å². The zero-order valence-electron chi connectivity index (χ0n) is 44.8. The topological polar surface area (TPSA) is 175 Å². The van der Waals surface area contributed by atoms with Gasteiger partial charge in [-0.15, -0.1) is 0 Å². The third kappa shape index (κ3) is 36.4. The zero-order chi connectivity index (χ0) is 51.8. The molecule has 0 aromatic rings. The lowest BCUT2D eigenvalue weighted by atomic mass is 9.99. The fraction of sp³-hybridized carbons (Fsp3) is 0.733. The summed E-state index contributed by atoms with van der Waals surface area (Å²) in [5, 5.41) is 56.6. The Bertz CT molecular complexity index is 1470. The van der Waals surface area contributed by atoms with Crippen molar-refractivity contribution in [2.24, 2.45) is 0 Å². The second-order valence-electron chi connectivity index (χ2n) is 19.3. The average Bonchev–Trinajstić information content (AvgIpc) is 3.37. The van der Waals surface area contributed by atoms with Gasteiger partial charge in [-0.3, -0.25) is 9.59 Å². The van der Waals surface area contributed by atoms with Crippen LogP contribution >= 0.6 is 0 Å². The molecule has 11 nitrogen and oxygen atoms in total. The Morgan fingerprint density at radius 3 is 1.48 bits per heavy atom. The van der Waals surface area contributed by atoms with Gasteiger partial charge in [-0.25, -0.2) is 0 Å². The number of rotatable bonds is 46. The van der Waals surface area contributed by atoms with Crippen LogP contribution in [0.1, 0.15) is 220 Å². The molecule has 408 valence electrons. The van der Waals surface area contributed by atoms with Crippen LogP contribution in [0.5, 0.6) is 0 Å². The van der Waals surface area contributed by atoms with Gasteiger partial charge >= 0.3 is 5.97 Å². The number of unbranched alkanes of at least 4 members (excludes halogenated alkanes) is 20. The van der Waals surface area contributed by atoms with Crippen molar-refractivity contribution >= 4 is 11.9 Å². The Morgan fingerprint density at radius 2 is 0.972 bits per heavy atom. The average molecular weight is 998 g/mol. The standard InChI is InChI=1S/C60H103NO10/c1-4-7-10-13-16-19-22-25-26-27-30-32-35-38-41-44-47-53(64)59(68)61-51(52(63)46-43-40-37-34-31-28-23-20-17-14-11-8-5-2)50-69-60-58(57(67)56(66)54(49-62)70-60)71-55(65)48-45-42-39-36-33-29-24-21-18-15-12-9-6-3/h16,19,25-26,29-30,32-33,38-39,41-43,46,51-54,56-58,60,62-64,66-67H,4-15,17-18,20-24,27-28,31,34-37,40,44-45,47-50H2,1-3H3,(H,61,68)/b19-16-,26-25-,32-30-,33-29-,41-38-,42-39+,46-43+. The fourth-order valence-electron chi connectivity index (χ4n) is 8.22. The molecule has 1 heterocycles. The molecule has 0 aromatic heterocycles. The van der Waals surface area contributed by atoms with Gasteiger partial charge in [0.15, 0.2) is 12.4 Å². The summed E-state index contributed by atoms with van der Waals surface area (Å²) in [6.07, 6.45) is 50.8. The fourth-order valence-corrected chi connectivity index (χ4v) is 8.22. The van der Waals surface area contributed by atoms with Crippen LogP contribution in [-0.4, -0.2) is 99.6 Å². The second kappa shape index (κ2) is 47.8. The monoisotopic (exact) mass is 998 g/mol. The van der Waals surface area contributed by atoms with Crippen molar-refractivity contribution in [2.75, 3.05) is 13.2 Å². The van der Waals surface area contributed by atoms with E-state index in [4.69, 9.17) is 14.2 Å². The van der Waals surface area contributed by atoms with Gasteiger partial charge in [0.25, 0.3) is 0 Å². The van der Waals surface area contributed by atoms with Crippen LogP contribution in [0.2, 0.25) is 0 Å². The molecule has 1 aliphatic heterocycles. The molecule has 1 aliphatic rings. The summed E-state index contributed by atoms with van der Waals surface area (Å²) in [5.41, 5.74) is 0. The van der Waals surface area contributed by atoms with Gasteiger partial charge in [0.1, 0.15) is 24.4 Å². The number of carbonyl (C=O) groups is 2. The van der Waals surface area contributed by atoms with Crippen LogP contribution in [0.25, 0.3) is 0 Å². The maximum atomic E-state index is 13.3. The van der Waals surface area contributed by atoms with Crippen LogP contribution in [0.4, 0.5) is 0 Å². The van der Waals surface area contributed by atoms with E-state index in [-0.39, 0.29) is 19.4 Å². The molecule has 71 heavy (non-hydrogen) atoms. The lowest BCUT2D eigenvalue weighted by Gasteiger charge is -2.41. The quantitative estimate of drug-likeness (QED) is 0.0196. The van der Waals surface area contributed by atoms with Crippen molar-refractivity contribution in [3.8, 4) is 0 Å². The van der Waals surface area contributed by atoms with Crippen LogP contribution in [0.3, 0.4) is 0 Å². The molecule has 8 unspecified atom stereocenters. The van der Waals surface area contributed by atoms with E-state index in [1.54, 1.807) is 6.08 Å². The van der Waals surface area contributed by atoms with Crippen LogP contribution in [0.15, 0.2) is 85.1 Å². The van der Waals surface area contributed by atoms with E-state index in [0.29, 0.717) is 12.8 Å². The van der Waals surface area contributed by atoms with E-state index in [0.717, 1.165) is 64.2 Å². The molecule has 0 radical (unpaired) electrons. The van der Waals surface area contributed by atoms with Crippen molar-refractivity contribution in [1.82, 2.24) is 5.32 Å². The second-order valence-corrected chi connectivity index (χ2v) is 19.3. The first-order valence-electron chi connectivity index (χ1n) is 28.4. The Balaban J connectivity index is 2.84. The minimum absolute atomic E-state index is 0.00764. The Morgan fingerprint density at radius 1 is 0.549 bits per heavy atom. The maximum Gasteiger partial charge on any atom is 0.306 e. The van der Waals surface area contributed by atoms with Gasteiger partial charge in [-0.1, -0.05) is 215 Å². The molecule has 1 saturated heterocycles. The summed E-state index contributed by atoms with van der Waals surface area (Å²) in [6.45, 7) is 5.66. The molecule has 0 aromatic carbocycles. The minimum atomic E-state index is -1.65. The Kier molecular flexibility index (Phi) is 44.4. The van der Waals surface area contributed by atoms with Gasteiger partial charge in [-0.05, 0) is 83.5 Å². The van der Waals surface area contributed by atoms with Crippen LogP contribution < -0.4 is 5.32 Å². The third-order valence-electron chi connectivity index (χ3n) is 12.8. The number of aliphatic hydroxyl groups excluding tert-OH is 5. The van der Waals surface area contributed by atoms with E-state index in [1.807, 2.05) is 30.4 Å². The SMILES string of the molecule is CCCCC/C=C\C/C=C\C/C=C\C/C=C\CCC(O)C(=O)NC(COC1OC(CO)C(O)C(O)C1OC(=O)CC/C=C/C/C=C\CCCCCCCC)C(O)/C=C/CCCCCCCCCCCCC. The number of amides is 1. The van der Waals surface area contributed by atoms with Gasteiger partial charge < -0.3 is 45.1 Å². The number of hydrogen-bond acceptors (Lipinski definition) is 10. The number of allylic oxidation sites excluding steroid dienone is 13. The molecular formula is C60H103NO10. The van der Waals surface area contributed by atoms with Crippen molar-refractivity contribution in [3.63, 3.8) is 0 Å². The first kappa shape index (κ1) is 65.9. The predicted molar refractivity (Wildman–Crippen MR) is 292 cm³/mol. The molecule has 0 aliphatic carbocycles.